The average molecular weight is 274 g/mol. The quantitative estimate of drug-likeness (QED) is 0.911. The molecule has 5 nitrogen and oxygen atoms in total. The summed E-state index contributed by atoms with van der Waals surface area (Å²) in [6.45, 7) is 1.50. The smallest absolute Gasteiger partial charge is 0.335 e. The van der Waals surface area contributed by atoms with Gasteiger partial charge in [-0.3, -0.25) is 0 Å². The predicted molar refractivity (Wildman–Crippen MR) is 75.0 cm³/mol. The van der Waals surface area contributed by atoms with Crippen LogP contribution in [0, 0.1) is 11.3 Å². The number of carboxylic acids is 1. The Balaban J connectivity index is 2.14. The maximum absolute atomic E-state index is 10.9. The van der Waals surface area contributed by atoms with Gasteiger partial charge in [0.15, 0.2) is 0 Å². The highest BCUT2D eigenvalue weighted by atomic mass is 16.5. The molecule has 0 aromatic heterocycles. The Hall–Kier alpha value is -2.06. The van der Waals surface area contributed by atoms with Gasteiger partial charge in [-0.25, -0.2) is 4.79 Å². The molecule has 0 radical (unpaired) electrons. The summed E-state index contributed by atoms with van der Waals surface area (Å²) in [6, 6.07) is 6.69. The summed E-state index contributed by atoms with van der Waals surface area (Å²) in [7, 11) is 1.90. The summed E-state index contributed by atoms with van der Waals surface area (Å²) in [5.41, 5.74) is 1.25. The van der Waals surface area contributed by atoms with Crippen molar-refractivity contribution in [1.29, 1.82) is 5.26 Å². The summed E-state index contributed by atoms with van der Waals surface area (Å²) in [6.07, 6.45) is 3.48. The number of benzene rings is 1. The molecule has 1 N–H and O–H groups in total. The summed E-state index contributed by atoms with van der Waals surface area (Å²) >= 11 is 0. The summed E-state index contributed by atoms with van der Waals surface area (Å²) < 4.78 is 5.69. The van der Waals surface area contributed by atoms with Crippen LogP contribution in [0.15, 0.2) is 18.2 Å². The summed E-state index contributed by atoms with van der Waals surface area (Å²) in [5, 5.41) is 18.1. The number of anilines is 1. The first-order chi connectivity index (χ1) is 9.61. The third kappa shape index (κ3) is 3.28. The molecule has 0 bridgehead atoms. The Labute approximate surface area is 118 Å². The Bertz CT molecular complexity index is 530. The van der Waals surface area contributed by atoms with Gasteiger partial charge in [-0.1, -0.05) is 0 Å². The largest absolute Gasteiger partial charge is 0.478 e. The minimum Gasteiger partial charge on any atom is -0.478 e. The molecule has 5 heteroatoms. The number of carboxylic acid groups (broad SMARTS) is 1. The van der Waals surface area contributed by atoms with E-state index in [0.29, 0.717) is 12.1 Å². The molecule has 1 unspecified atom stereocenters. The van der Waals surface area contributed by atoms with E-state index in [1.54, 1.807) is 6.07 Å². The molecule has 1 fully saturated rings. The maximum Gasteiger partial charge on any atom is 0.335 e. The molecule has 1 atom stereocenters. The van der Waals surface area contributed by atoms with E-state index in [9.17, 15) is 10.1 Å². The molecule has 20 heavy (non-hydrogen) atoms. The summed E-state index contributed by atoms with van der Waals surface area (Å²) in [4.78, 5) is 12.9. The number of carbonyl (C=O) groups is 1. The van der Waals surface area contributed by atoms with Crippen LogP contribution in [0.4, 0.5) is 5.69 Å². The van der Waals surface area contributed by atoms with Gasteiger partial charge in [0.25, 0.3) is 0 Å². The zero-order valence-electron chi connectivity index (χ0n) is 11.5. The van der Waals surface area contributed by atoms with Crippen molar-refractivity contribution in [2.75, 3.05) is 25.1 Å². The van der Waals surface area contributed by atoms with E-state index in [-0.39, 0.29) is 11.7 Å². The molecule has 0 spiro atoms. The van der Waals surface area contributed by atoms with Crippen LogP contribution in [-0.2, 0) is 4.74 Å². The van der Waals surface area contributed by atoms with Crippen LogP contribution in [0.3, 0.4) is 0 Å². The third-order valence-electron chi connectivity index (χ3n) is 3.53. The minimum absolute atomic E-state index is 0.132. The van der Waals surface area contributed by atoms with Gasteiger partial charge in [0.1, 0.15) is 6.07 Å². The lowest BCUT2D eigenvalue weighted by molar-refractivity contribution is 0.0216. The van der Waals surface area contributed by atoms with Crippen LogP contribution in [0.25, 0.3) is 0 Å². The highest BCUT2D eigenvalue weighted by Gasteiger charge is 2.18. The van der Waals surface area contributed by atoms with Gasteiger partial charge >= 0.3 is 5.97 Å². The van der Waals surface area contributed by atoms with Gasteiger partial charge in [0, 0.05) is 20.2 Å². The van der Waals surface area contributed by atoms with Gasteiger partial charge in [-0.2, -0.15) is 5.26 Å². The number of rotatable bonds is 4. The van der Waals surface area contributed by atoms with Crippen molar-refractivity contribution in [3.63, 3.8) is 0 Å². The SMILES string of the molecule is CN(CC1CCCCO1)c1ccc(C(=O)O)cc1C#N. The fourth-order valence-electron chi connectivity index (χ4n) is 2.45. The van der Waals surface area contributed by atoms with Crippen LogP contribution in [0.1, 0.15) is 35.2 Å². The monoisotopic (exact) mass is 274 g/mol. The molecule has 1 saturated heterocycles. The van der Waals surface area contributed by atoms with Crippen LogP contribution in [0.2, 0.25) is 0 Å². The third-order valence-corrected chi connectivity index (χ3v) is 3.53. The molecule has 1 aromatic rings. The molecular formula is C15H18N2O3. The number of hydrogen-bond donors (Lipinski definition) is 1. The first-order valence-electron chi connectivity index (χ1n) is 6.72. The highest BCUT2D eigenvalue weighted by Crippen LogP contribution is 2.22. The molecule has 1 heterocycles. The van der Waals surface area contributed by atoms with E-state index < -0.39 is 5.97 Å². The second-order valence-corrected chi connectivity index (χ2v) is 5.02. The minimum atomic E-state index is -1.02. The van der Waals surface area contributed by atoms with Crippen molar-refractivity contribution in [2.24, 2.45) is 0 Å². The van der Waals surface area contributed by atoms with E-state index in [1.165, 1.54) is 18.6 Å². The van der Waals surface area contributed by atoms with E-state index in [2.05, 4.69) is 6.07 Å². The van der Waals surface area contributed by atoms with E-state index in [0.717, 1.165) is 25.1 Å². The van der Waals surface area contributed by atoms with Gasteiger partial charge in [0.2, 0.25) is 0 Å². The fourth-order valence-corrected chi connectivity index (χ4v) is 2.45. The molecule has 0 saturated carbocycles. The van der Waals surface area contributed by atoms with Crippen molar-refractivity contribution >= 4 is 11.7 Å². The number of aromatic carboxylic acids is 1. The molecule has 0 aliphatic carbocycles. The van der Waals surface area contributed by atoms with E-state index in [1.807, 2.05) is 11.9 Å². The number of hydrogen-bond acceptors (Lipinski definition) is 4. The van der Waals surface area contributed by atoms with Crippen LogP contribution in [0.5, 0.6) is 0 Å². The number of nitriles is 1. The van der Waals surface area contributed by atoms with Crippen molar-refractivity contribution in [2.45, 2.75) is 25.4 Å². The number of nitrogens with zero attached hydrogens (tertiary/aromatic N) is 2. The standard InChI is InChI=1S/C15H18N2O3/c1-17(10-13-4-2-3-7-20-13)14-6-5-11(15(18)19)8-12(14)9-16/h5-6,8,13H,2-4,7,10H2,1H3,(H,18,19). The maximum atomic E-state index is 10.9. The predicted octanol–water partition coefficient (Wildman–Crippen LogP) is 2.26. The molecule has 0 amide bonds. The zero-order chi connectivity index (χ0) is 14.5. The molecule has 2 rings (SSSR count). The topological polar surface area (TPSA) is 73.6 Å². The normalized spacial score (nSPS) is 18.3. The van der Waals surface area contributed by atoms with Gasteiger partial charge in [-0.15, -0.1) is 0 Å². The van der Waals surface area contributed by atoms with E-state index >= 15 is 0 Å². The van der Waals surface area contributed by atoms with Crippen LogP contribution >= 0.6 is 0 Å². The van der Waals surface area contributed by atoms with Crippen molar-refractivity contribution in [3.05, 3.63) is 29.3 Å². The Morgan fingerprint density at radius 1 is 1.55 bits per heavy atom. The van der Waals surface area contributed by atoms with Crippen LogP contribution < -0.4 is 4.90 Å². The fraction of sp³-hybridized carbons (Fsp3) is 0.467. The molecular weight excluding hydrogens is 256 g/mol. The second-order valence-electron chi connectivity index (χ2n) is 5.02. The molecule has 106 valence electrons. The summed E-state index contributed by atoms with van der Waals surface area (Å²) in [5.74, 6) is -1.02. The van der Waals surface area contributed by atoms with E-state index in [4.69, 9.17) is 9.84 Å². The molecule has 1 aromatic carbocycles. The lowest BCUT2D eigenvalue weighted by Gasteiger charge is -2.29. The van der Waals surface area contributed by atoms with Crippen molar-refractivity contribution in [1.82, 2.24) is 0 Å². The van der Waals surface area contributed by atoms with Gasteiger partial charge < -0.3 is 14.7 Å². The number of likely N-dealkylation sites (N-methyl/N-ethyl adjacent to an activating group) is 1. The van der Waals surface area contributed by atoms with Crippen LogP contribution in [-0.4, -0.2) is 37.4 Å². The zero-order valence-corrected chi connectivity index (χ0v) is 11.5. The van der Waals surface area contributed by atoms with Gasteiger partial charge in [0.05, 0.1) is 22.9 Å². The first-order valence-corrected chi connectivity index (χ1v) is 6.72. The van der Waals surface area contributed by atoms with Crippen molar-refractivity contribution < 1.29 is 14.6 Å². The first kappa shape index (κ1) is 14.4. The Morgan fingerprint density at radius 2 is 2.35 bits per heavy atom. The number of ether oxygens (including phenoxy) is 1. The average Bonchev–Trinajstić information content (AvgIpc) is 2.47. The van der Waals surface area contributed by atoms with Crippen molar-refractivity contribution in [3.8, 4) is 6.07 Å². The second kappa shape index (κ2) is 6.40. The van der Waals surface area contributed by atoms with Gasteiger partial charge in [-0.05, 0) is 37.5 Å². The lowest BCUT2D eigenvalue weighted by atomic mass is 10.1. The Kier molecular flexibility index (Phi) is 4.59. The molecule has 1 aliphatic heterocycles. The lowest BCUT2D eigenvalue weighted by Crippen LogP contribution is -2.33. The Morgan fingerprint density at radius 3 is 2.95 bits per heavy atom. The highest BCUT2D eigenvalue weighted by molar-refractivity contribution is 5.89. The molecule has 1 aliphatic rings.